The van der Waals surface area contributed by atoms with Crippen LogP contribution in [0.5, 0.6) is 5.75 Å². The van der Waals surface area contributed by atoms with Crippen LogP contribution in [0.25, 0.3) is 6.08 Å². The second kappa shape index (κ2) is 9.59. The maximum Gasteiger partial charge on any atom is 0.303 e. The number of hydrogen-bond acceptors (Lipinski definition) is 4. The van der Waals surface area contributed by atoms with Crippen molar-refractivity contribution in [3.8, 4) is 5.75 Å². The Labute approximate surface area is 170 Å². The first-order valence-electron chi connectivity index (χ1n) is 9.79. The van der Waals surface area contributed by atoms with E-state index in [1.807, 2.05) is 36.4 Å². The van der Waals surface area contributed by atoms with Crippen molar-refractivity contribution in [3.05, 3.63) is 47.6 Å². The van der Waals surface area contributed by atoms with E-state index >= 15 is 0 Å². The van der Waals surface area contributed by atoms with Gasteiger partial charge in [0, 0.05) is 17.4 Å². The molecule has 1 aromatic carbocycles. The predicted molar refractivity (Wildman–Crippen MR) is 108 cm³/mol. The molecule has 3 N–H and O–H groups in total. The second-order valence-corrected chi connectivity index (χ2v) is 8.06. The molecule has 152 valence electrons. The third-order valence-electron chi connectivity index (χ3n) is 5.56. The first-order valence-corrected chi connectivity index (χ1v) is 10.2. The van der Waals surface area contributed by atoms with Crippen LogP contribution in [0.1, 0.15) is 43.2 Å². The summed E-state index contributed by atoms with van der Waals surface area (Å²) in [6.45, 7) is 0. The van der Waals surface area contributed by atoms with Crippen molar-refractivity contribution in [2.24, 2.45) is 11.8 Å². The zero-order chi connectivity index (χ0) is 20.1. The number of ether oxygens (including phenoxy) is 1. The molecule has 1 fully saturated rings. The fourth-order valence-corrected chi connectivity index (χ4v) is 4.56. The van der Waals surface area contributed by atoms with Crippen molar-refractivity contribution >= 4 is 23.6 Å². The van der Waals surface area contributed by atoms with Gasteiger partial charge in [-0.25, -0.2) is 0 Å². The minimum absolute atomic E-state index is 0.116. The number of alkyl halides is 1. The Bertz CT molecular complexity index is 744. The van der Waals surface area contributed by atoms with E-state index in [2.05, 4.69) is 6.08 Å². The molecule has 0 spiro atoms. The summed E-state index contributed by atoms with van der Waals surface area (Å²) in [4.78, 5) is 10.5. The minimum atomic E-state index is -1.15. The highest BCUT2D eigenvalue weighted by Crippen LogP contribution is 2.41. The fraction of sp³-hybridized carbons (Fsp3) is 0.500. The lowest BCUT2D eigenvalue weighted by Crippen LogP contribution is -2.36. The van der Waals surface area contributed by atoms with Gasteiger partial charge in [0.15, 0.2) is 0 Å². The number of carboxylic acids is 1. The topological polar surface area (TPSA) is 87.0 Å². The molecule has 5 atom stereocenters. The monoisotopic (exact) mass is 406 g/mol. The van der Waals surface area contributed by atoms with E-state index < -0.39 is 24.3 Å². The third kappa shape index (κ3) is 4.96. The number of aliphatic hydroxyl groups excluding tert-OH is 2. The standard InChI is InChI=1S/C22H27ClO5/c23-17-13-18(24)21(16(17)9-3-1-2-4-12-20(25)26)22(27)28-19-11-6-8-14-7-5-10-15(14)19/h1,3,5-6,8,10-11,16-18,21-22,24,27H,2,4,7,9,12-13H2,(H,25,26)/b3-1-/t16-,17+,18+,21-,22?/m0/s1. The first kappa shape index (κ1) is 20.9. The van der Waals surface area contributed by atoms with Crippen LogP contribution in [0.4, 0.5) is 0 Å². The molecule has 0 saturated heterocycles. The van der Waals surface area contributed by atoms with Gasteiger partial charge in [0.25, 0.3) is 0 Å². The van der Waals surface area contributed by atoms with Gasteiger partial charge in [-0.3, -0.25) is 4.79 Å². The van der Waals surface area contributed by atoms with E-state index in [4.69, 9.17) is 21.4 Å². The molecule has 2 aliphatic rings. The van der Waals surface area contributed by atoms with Gasteiger partial charge in [-0.1, -0.05) is 36.4 Å². The molecule has 0 radical (unpaired) electrons. The lowest BCUT2D eigenvalue weighted by Gasteiger charge is -2.28. The van der Waals surface area contributed by atoms with E-state index in [0.717, 1.165) is 17.5 Å². The number of rotatable bonds is 9. The average Bonchev–Trinajstić information content (AvgIpc) is 3.22. The van der Waals surface area contributed by atoms with Crippen LogP contribution >= 0.6 is 11.6 Å². The van der Waals surface area contributed by atoms with Crippen molar-refractivity contribution in [1.29, 1.82) is 0 Å². The van der Waals surface area contributed by atoms with Gasteiger partial charge in [-0.15, -0.1) is 11.6 Å². The van der Waals surface area contributed by atoms with Gasteiger partial charge in [0.05, 0.1) is 12.0 Å². The summed E-state index contributed by atoms with van der Waals surface area (Å²) >= 11 is 6.44. The molecule has 6 heteroatoms. The molecule has 0 aromatic heterocycles. The Kier molecular flexibility index (Phi) is 7.16. The molecule has 3 rings (SSSR count). The molecule has 1 aromatic rings. The Morgan fingerprint density at radius 3 is 2.96 bits per heavy atom. The summed E-state index contributed by atoms with van der Waals surface area (Å²) in [7, 11) is 0. The van der Waals surface area contributed by atoms with Crippen LogP contribution in [-0.2, 0) is 11.2 Å². The number of carbonyl (C=O) groups is 1. The quantitative estimate of drug-likeness (QED) is 0.251. The predicted octanol–water partition coefficient (Wildman–Crippen LogP) is 3.76. The summed E-state index contributed by atoms with van der Waals surface area (Å²) in [5.41, 5.74) is 2.14. The molecule has 28 heavy (non-hydrogen) atoms. The molecule has 1 unspecified atom stereocenters. The molecule has 2 aliphatic carbocycles. The number of allylic oxidation sites excluding steroid dienone is 3. The van der Waals surface area contributed by atoms with Crippen molar-refractivity contribution in [2.45, 2.75) is 56.3 Å². The molecule has 0 bridgehead atoms. The van der Waals surface area contributed by atoms with Gasteiger partial charge in [0.1, 0.15) is 5.75 Å². The smallest absolute Gasteiger partial charge is 0.303 e. The summed E-state index contributed by atoms with van der Waals surface area (Å²) in [6, 6.07) is 5.76. The highest BCUT2D eigenvalue weighted by molar-refractivity contribution is 6.21. The van der Waals surface area contributed by atoms with Gasteiger partial charge in [-0.2, -0.15) is 0 Å². The second-order valence-electron chi connectivity index (χ2n) is 7.50. The van der Waals surface area contributed by atoms with Crippen molar-refractivity contribution < 1.29 is 24.9 Å². The number of aliphatic hydroxyl groups is 2. The third-order valence-corrected chi connectivity index (χ3v) is 6.06. The number of aliphatic carboxylic acids is 1. The van der Waals surface area contributed by atoms with Crippen LogP contribution in [0.15, 0.2) is 36.4 Å². The van der Waals surface area contributed by atoms with Crippen molar-refractivity contribution in [1.82, 2.24) is 0 Å². The Balaban J connectivity index is 1.61. The molecule has 0 aliphatic heterocycles. The Morgan fingerprint density at radius 1 is 1.36 bits per heavy atom. The summed E-state index contributed by atoms with van der Waals surface area (Å²) in [5, 5.41) is 29.6. The Morgan fingerprint density at radius 2 is 2.18 bits per heavy atom. The van der Waals surface area contributed by atoms with E-state index in [9.17, 15) is 15.0 Å². The first-order chi connectivity index (χ1) is 13.5. The van der Waals surface area contributed by atoms with Crippen LogP contribution in [0, 0.1) is 11.8 Å². The summed E-state index contributed by atoms with van der Waals surface area (Å²) < 4.78 is 5.86. The van der Waals surface area contributed by atoms with Gasteiger partial charge >= 0.3 is 5.97 Å². The molecule has 0 amide bonds. The highest BCUT2D eigenvalue weighted by Gasteiger charge is 2.45. The average molecular weight is 407 g/mol. The van der Waals surface area contributed by atoms with Crippen LogP contribution in [0.2, 0.25) is 0 Å². The maximum absolute atomic E-state index is 10.7. The van der Waals surface area contributed by atoms with E-state index in [0.29, 0.717) is 31.4 Å². The number of hydrogen-bond donors (Lipinski definition) is 3. The molecular weight excluding hydrogens is 380 g/mol. The van der Waals surface area contributed by atoms with Gasteiger partial charge < -0.3 is 20.1 Å². The Hall–Kier alpha value is -1.82. The van der Waals surface area contributed by atoms with Crippen LogP contribution in [-0.4, -0.2) is 39.1 Å². The van der Waals surface area contributed by atoms with E-state index in [1.165, 1.54) is 0 Å². The van der Waals surface area contributed by atoms with Gasteiger partial charge in [0.2, 0.25) is 6.29 Å². The zero-order valence-electron chi connectivity index (χ0n) is 15.7. The molecule has 1 saturated carbocycles. The largest absolute Gasteiger partial charge is 0.481 e. The van der Waals surface area contributed by atoms with Gasteiger partial charge in [-0.05, 0) is 49.7 Å². The molecule has 0 heterocycles. The van der Waals surface area contributed by atoms with Crippen LogP contribution in [0.3, 0.4) is 0 Å². The fourth-order valence-electron chi connectivity index (χ4n) is 4.11. The molecular formula is C22H27ClO5. The number of carboxylic acid groups (broad SMARTS) is 1. The lowest BCUT2D eigenvalue weighted by atomic mass is 9.90. The lowest BCUT2D eigenvalue weighted by molar-refractivity contribution is -0.137. The highest BCUT2D eigenvalue weighted by atomic mass is 35.5. The van der Waals surface area contributed by atoms with Crippen LogP contribution < -0.4 is 4.74 Å². The van der Waals surface area contributed by atoms with Crippen molar-refractivity contribution in [3.63, 3.8) is 0 Å². The minimum Gasteiger partial charge on any atom is -0.481 e. The maximum atomic E-state index is 10.7. The zero-order valence-corrected chi connectivity index (χ0v) is 16.5. The number of fused-ring (bicyclic) bond motifs is 1. The summed E-state index contributed by atoms with van der Waals surface area (Å²) in [6.07, 6.45) is 9.37. The van der Waals surface area contributed by atoms with E-state index in [-0.39, 0.29) is 17.7 Å². The number of unbranched alkanes of at least 4 members (excludes halogenated alkanes) is 1. The number of benzene rings is 1. The van der Waals surface area contributed by atoms with Crippen molar-refractivity contribution in [2.75, 3.05) is 0 Å². The SMILES string of the molecule is O=C(O)CCC/C=C\C[C@@H]1[C@H](C(O)Oc2cccc3c2C=CC3)[C@H](O)C[C@H]1Cl. The normalized spacial score (nSPS) is 27.2. The number of halogens is 1. The molecule has 5 nitrogen and oxygen atoms in total. The summed E-state index contributed by atoms with van der Waals surface area (Å²) in [5.74, 6) is -0.773. The van der Waals surface area contributed by atoms with E-state index in [1.54, 1.807) is 0 Å².